The van der Waals surface area contributed by atoms with E-state index in [9.17, 15) is 4.79 Å². The van der Waals surface area contributed by atoms with Crippen molar-refractivity contribution >= 4 is 11.4 Å². The van der Waals surface area contributed by atoms with Gasteiger partial charge in [0.25, 0.3) is 0 Å². The second-order valence-electron chi connectivity index (χ2n) is 3.96. The van der Waals surface area contributed by atoms with Crippen molar-refractivity contribution in [3.8, 4) is 5.75 Å². The highest BCUT2D eigenvalue weighted by Gasteiger charge is 2.10. The number of carbonyl (C=O) groups is 1. The lowest BCUT2D eigenvalue weighted by molar-refractivity contribution is -0.114. The van der Waals surface area contributed by atoms with Crippen LogP contribution in [-0.2, 0) is 4.79 Å². The molecule has 0 aromatic carbocycles. The van der Waals surface area contributed by atoms with Crippen molar-refractivity contribution in [2.24, 2.45) is 0 Å². The summed E-state index contributed by atoms with van der Waals surface area (Å²) in [5, 5.41) is 0. The molecule has 0 amide bonds. The fourth-order valence-electron chi connectivity index (χ4n) is 1.89. The molecular formula is C13H15NO2. The van der Waals surface area contributed by atoms with Crippen LogP contribution in [0.5, 0.6) is 5.75 Å². The van der Waals surface area contributed by atoms with Crippen LogP contribution in [0.25, 0.3) is 5.57 Å². The van der Waals surface area contributed by atoms with Gasteiger partial charge >= 0.3 is 0 Å². The van der Waals surface area contributed by atoms with Gasteiger partial charge in [0.05, 0.1) is 13.3 Å². The summed E-state index contributed by atoms with van der Waals surface area (Å²) in [7, 11) is 1.62. The average molecular weight is 217 g/mol. The SMILES string of the molecule is COc1cncc(C2=CC(=O)CCCC2)c1. The van der Waals surface area contributed by atoms with Crippen LogP contribution in [0.3, 0.4) is 0 Å². The predicted molar refractivity (Wildman–Crippen MR) is 62.2 cm³/mol. The van der Waals surface area contributed by atoms with Crippen molar-refractivity contribution in [2.75, 3.05) is 7.11 Å². The molecule has 3 heteroatoms. The van der Waals surface area contributed by atoms with Crippen molar-refractivity contribution in [2.45, 2.75) is 25.7 Å². The van der Waals surface area contributed by atoms with Gasteiger partial charge < -0.3 is 4.74 Å². The van der Waals surface area contributed by atoms with Gasteiger partial charge in [-0.1, -0.05) is 0 Å². The van der Waals surface area contributed by atoms with Crippen LogP contribution in [-0.4, -0.2) is 17.9 Å². The highest BCUT2D eigenvalue weighted by Crippen LogP contribution is 2.26. The number of hydrogen-bond donors (Lipinski definition) is 0. The highest BCUT2D eigenvalue weighted by molar-refractivity contribution is 5.97. The topological polar surface area (TPSA) is 39.2 Å². The van der Waals surface area contributed by atoms with Gasteiger partial charge in [0, 0.05) is 12.6 Å². The van der Waals surface area contributed by atoms with E-state index in [-0.39, 0.29) is 5.78 Å². The van der Waals surface area contributed by atoms with E-state index < -0.39 is 0 Å². The smallest absolute Gasteiger partial charge is 0.155 e. The lowest BCUT2D eigenvalue weighted by atomic mass is 10.0. The zero-order chi connectivity index (χ0) is 11.4. The monoisotopic (exact) mass is 217 g/mol. The molecule has 1 aromatic rings. The second kappa shape index (κ2) is 4.92. The van der Waals surface area contributed by atoms with Crippen LogP contribution in [0.15, 0.2) is 24.5 Å². The van der Waals surface area contributed by atoms with Crippen LogP contribution < -0.4 is 4.74 Å². The first-order valence-corrected chi connectivity index (χ1v) is 5.52. The van der Waals surface area contributed by atoms with Gasteiger partial charge in [-0.2, -0.15) is 0 Å². The quantitative estimate of drug-likeness (QED) is 0.764. The molecule has 0 unspecified atom stereocenters. The molecule has 0 radical (unpaired) electrons. The molecule has 3 nitrogen and oxygen atoms in total. The summed E-state index contributed by atoms with van der Waals surface area (Å²) in [6.45, 7) is 0. The molecule has 2 rings (SSSR count). The number of ketones is 1. The van der Waals surface area contributed by atoms with Gasteiger partial charge in [-0.05, 0) is 42.5 Å². The molecule has 0 atom stereocenters. The standard InChI is InChI=1S/C13H15NO2/c1-16-13-7-11(8-14-9-13)10-4-2-3-5-12(15)6-10/h6-9H,2-5H2,1H3. The normalized spacial score (nSPS) is 16.6. The van der Waals surface area contributed by atoms with Gasteiger partial charge in [-0.3, -0.25) is 9.78 Å². The summed E-state index contributed by atoms with van der Waals surface area (Å²) < 4.78 is 5.13. The fraction of sp³-hybridized carbons (Fsp3) is 0.385. The number of nitrogens with zero attached hydrogens (tertiary/aromatic N) is 1. The minimum Gasteiger partial charge on any atom is -0.495 e. The van der Waals surface area contributed by atoms with Gasteiger partial charge in [-0.15, -0.1) is 0 Å². The third-order valence-corrected chi connectivity index (χ3v) is 2.77. The van der Waals surface area contributed by atoms with E-state index in [2.05, 4.69) is 4.98 Å². The first-order valence-electron chi connectivity index (χ1n) is 5.52. The Morgan fingerprint density at radius 1 is 1.25 bits per heavy atom. The van der Waals surface area contributed by atoms with Crippen LogP contribution in [0.4, 0.5) is 0 Å². The Balaban J connectivity index is 2.30. The summed E-state index contributed by atoms with van der Waals surface area (Å²) >= 11 is 0. The average Bonchev–Trinajstić information content (AvgIpc) is 2.54. The van der Waals surface area contributed by atoms with Gasteiger partial charge in [-0.25, -0.2) is 0 Å². The summed E-state index contributed by atoms with van der Waals surface area (Å²) in [6.07, 6.45) is 8.87. The maximum absolute atomic E-state index is 11.5. The van der Waals surface area contributed by atoms with Crippen molar-refractivity contribution in [1.29, 1.82) is 0 Å². The Kier molecular flexibility index (Phi) is 3.34. The van der Waals surface area contributed by atoms with Gasteiger partial charge in [0.15, 0.2) is 5.78 Å². The van der Waals surface area contributed by atoms with Gasteiger partial charge in [0.1, 0.15) is 5.75 Å². The first-order chi connectivity index (χ1) is 7.79. The Morgan fingerprint density at radius 2 is 2.06 bits per heavy atom. The highest BCUT2D eigenvalue weighted by atomic mass is 16.5. The van der Waals surface area contributed by atoms with E-state index in [0.717, 1.165) is 36.1 Å². The number of rotatable bonds is 2. The Bertz CT molecular complexity index is 424. The number of carbonyl (C=O) groups excluding carboxylic acids is 1. The minimum atomic E-state index is 0.218. The summed E-state index contributed by atoms with van der Waals surface area (Å²) in [5.74, 6) is 0.949. The van der Waals surface area contributed by atoms with E-state index >= 15 is 0 Å². The first kappa shape index (κ1) is 10.9. The number of hydrogen-bond acceptors (Lipinski definition) is 3. The Labute approximate surface area is 95.2 Å². The van der Waals surface area contributed by atoms with E-state index in [1.807, 2.05) is 6.07 Å². The van der Waals surface area contributed by atoms with E-state index in [1.54, 1.807) is 25.6 Å². The van der Waals surface area contributed by atoms with E-state index in [4.69, 9.17) is 4.74 Å². The number of pyridine rings is 1. The van der Waals surface area contributed by atoms with Crippen LogP contribution in [0, 0.1) is 0 Å². The van der Waals surface area contributed by atoms with Crippen molar-refractivity contribution in [3.05, 3.63) is 30.1 Å². The van der Waals surface area contributed by atoms with Crippen LogP contribution in [0.2, 0.25) is 0 Å². The van der Waals surface area contributed by atoms with Crippen molar-refractivity contribution in [3.63, 3.8) is 0 Å². The largest absolute Gasteiger partial charge is 0.495 e. The maximum Gasteiger partial charge on any atom is 0.155 e. The molecule has 0 spiro atoms. The molecule has 0 saturated heterocycles. The molecular weight excluding hydrogens is 202 g/mol. The number of allylic oxidation sites excluding steroid dienone is 2. The van der Waals surface area contributed by atoms with Crippen LogP contribution >= 0.6 is 0 Å². The Morgan fingerprint density at radius 3 is 2.88 bits per heavy atom. The number of aromatic nitrogens is 1. The molecule has 1 heterocycles. The summed E-state index contributed by atoms with van der Waals surface area (Å²) in [5.41, 5.74) is 2.07. The zero-order valence-electron chi connectivity index (χ0n) is 9.40. The zero-order valence-corrected chi connectivity index (χ0v) is 9.40. The second-order valence-corrected chi connectivity index (χ2v) is 3.96. The Hall–Kier alpha value is -1.64. The molecule has 0 saturated carbocycles. The molecule has 1 aromatic heterocycles. The minimum absolute atomic E-state index is 0.218. The third-order valence-electron chi connectivity index (χ3n) is 2.77. The third kappa shape index (κ3) is 2.48. The lowest BCUT2D eigenvalue weighted by Crippen LogP contribution is -1.92. The van der Waals surface area contributed by atoms with E-state index in [1.165, 1.54) is 0 Å². The number of methoxy groups -OCH3 is 1. The molecule has 1 aliphatic carbocycles. The van der Waals surface area contributed by atoms with Crippen LogP contribution in [0.1, 0.15) is 31.2 Å². The lowest BCUT2D eigenvalue weighted by Gasteiger charge is -2.06. The molecule has 0 N–H and O–H groups in total. The van der Waals surface area contributed by atoms with Crippen molar-refractivity contribution in [1.82, 2.24) is 4.98 Å². The number of ether oxygens (including phenoxy) is 1. The van der Waals surface area contributed by atoms with E-state index in [0.29, 0.717) is 6.42 Å². The predicted octanol–water partition coefficient (Wildman–Crippen LogP) is 2.62. The maximum atomic E-state index is 11.5. The molecule has 84 valence electrons. The molecule has 0 bridgehead atoms. The fourth-order valence-corrected chi connectivity index (χ4v) is 1.89. The molecule has 0 fully saturated rings. The molecule has 1 aliphatic rings. The summed E-state index contributed by atoms with van der Waals surface area (Å²) in [6, 6.07) is 1.93. The van der Waals surface area contributed by atoms with Gasteiger partial charge in [0.2, 0.25) is 0 Å². The molecule has 0 aliphatic heterocycles. The van der Waals surface area contributed by atoms with Crippen molar-refractivity contribution < 1.29 is 9.53 Å². The summed E-state index contributed by atoms with van der Waals surface area (Å²) in [4.78, 5) is 15.6. The molecule has 16 heavy (non-hydrogen) atoms.